The lowest BCUT2D eigenvalue weighted by molar-refractivity contribution is -0.136. The van der Waals surface area contributed by atoms with Crippen LogP contribution in [0.5, 0.6) is 0 Å². The number of esters is 1. The summed E-state index contributed by atoms with van der Waals surface area (Å²) >= 11 is 5.80. The van der Waals surface area contributed by atoms with E-state index in [0.29, 0.717) is 16.3 Å². The number of amides is 1. The number of ether oxygens (including phenoxy) is 1. The summed E-state index contributed by atoms with van der Waals surface area (Å²) in [6, 6.07) is 6.97. The van der Waals surface area contributed by atoms with E-state index < -0.39 is 5.97 Å². The maximum atomic E-state index is 11.8. The van der Waals surface area contributed by atoms with Crippen LogP contribution in [0.2, 0.25) is 5.02 Å². The molecule has 0 bridgehead atoms. The van der Waals surface area contributed by atoms with Crippen molar-refractivity contribution in [2.75, 3.05) is 7.11 Å². The van der Waals surface area contributed by atoms with Gasteiger partial charge in [0, 0.05) is 10.7 Å². The van der Waals surface area contributed by atoms with Gasteiger partial charge >= 0.3 is 5.97 Å². The summed E-state index contributed by atoms with van der Waals surface area (Å²) in [5.41, 5.74) is 1.84. The first-order valence-corrected chi connectivity index (χ1v) is 5.99. The van der Waals surface area contributed by atoms with Gasteiger partial charge in [-0.1, -0.05) is 23.7 Å². The molecule has 19 heavy (non-hydrogen) atoms. The number of halogens is 1. The van der Waals surface area contributed by atoms with Gasteiger partial charge in [-0.15, -0.1) is 0 Å². The fraction of sp³-hybridized carbons (Fsp3) is 0.143. The monoisotopic (exact) mass is 277 g/mol. The molecule has 5 heteroatoms. The van der Waals surface area contributed by atoms with E-state index in [1.165, 1.54) is 7.11 Å². The summed E-state index contributed by atoms with van der Waals surface area (Å²) in [7, 11) is 1.28. The molecule has 0 aromatic heterocycles. The van der Waals surface area contributed by atoms with Crippen LogP contribution >= 0.6 is 11.6 Å². The molecule has 1 N–H and O–H groups in total. The number of carbonyl (C=O) groups excluding carboxylic acids is 2. The molecule has 0 spiro atoms. The van der Waals surface area contributed by atoms with Crippen molar-refractivity contribution in [3.05, 3.63) is 51.7 Å². The van der Waals surface area contributed by atoms with Crippen molar-refractivity contribution >= 4 is 29.6 Å². The van der Waals surface area contributed by atoms with E-state index in [2.05, 4.69) is 10.1 Å². The number of nitrogens with one attached hydrogen (secondary N) is 1. The summed E-state index contributed by atoms with van der Waals surface area (Å²) in [5, 5.41) is 3.22. The Labute approximate surface area is 115 Å². The zero-order valence-corrected chi connectivity index (χ0v) is 11.2. The molecule has 1 amide bonds. The molecule has 1 aromatic rings. The number of hydrogen-bond donors (Lipinski definition) is 1. The van der Waals surface area contributed by atoms with Crippen LogP contribution in [0.15, 0.2) is 41.1 Å². The standard InChI is InChI=1S/C14H12ClNO3/c1-8-12(14(18)19-2)11(13(17)16-8)7-9-3-5-10(15)6-4-9/h3-7H,1-2H3,(H,16,17)/b11-7-. The largest absolute Gasteiger partial charge is 0.465 e. The van der Waals surface area contributed by atoms with E-state index in [1.807, 2.05) is 0 Å². The predicted molar refractivity (Wildman–Crippen MR) is 72.3 cm³/mol. The molecule has 1 aliphatic rings. The number of rotatable bonds is 2. The Morgan fingerprint density at radius 1 is 1.32 bits per heavy atom. The van der Waals surface area contributed by atoms with Crippen LogP contribution < -0.4 is 5.32 Å². The molecule has 2 rings (SSSR count). The van der Waals surface area contributed by atoms with Crippen LogP contribution in [0.4, 0.5) is 0 Å². The summed E-state index contributed by atoms with van der Waals surface area (Å²) in [6.07, 6.45) is 1.63. The second-order valence-electron chi connectivity index (χ2n) is 4.06. The van der Waals surface area contributed by atoms with Crippen molar-refractivity contribution < 1.29 is 14.3 Å². The first kappa shape index (κ1) is 13.4. The third-order valence-corrected chi connectivity index (χ3v) is 3.01. The van der Waals surface area contributed by atoms with Crippen molar-refractivity contribution in [1.29, 1.82) is 0 Å². The smallest absolute Gasteiger partial charge is 0.340 e. The fourth-order valence-corrected chi connectivity index (χ4v) is 1.97. The van der Waals surface area contributed by atoms with Crippen LogP contribution in [0.25, 0.3) is 6.08 Å². The maximum Gasteiger partial charge on any atom is 0.340 e. The van der Waals surface area contributed by atoms with Gasteiger partial charge in [-0.25, -0.2) is 4.79 Å². The molecular weight excluding hydrogens is 266 g/mol. The van der Waals surface area contributed by atoms with Gasteiger partial charge in [-0.3, -0.25) is 4.79 Å². The van der Waals surface area contributed by atoms with E-state index in [0.717, 1.165) is 5.56 Å². The topological polar surface area (TPSA) is 55.4 Å². The Bertz CT molecular complexity index is 600. The van der Waals surface area contributed by atoms with E-state index in [1.54, 1.807) is 37.3 Å². The van der Waals surface area contributed by atoms with E-state index in [-0.39, 0.29) is 11.5 Å². The van der Waals surface area contributed by atoms with Gasteiger partial charge in [0.2, 0.25) is 0 Å². The molecule has 0 unspecified atom stereocenters. The van der Waals surface area contributed by atoms with E-state index >= 15 is 0 Å². The highest BCUT2D eigenvalue weighted by Crippen LogP contribution is 2.25. The fourth-order valence-electron chi connectivity index (χ4n) is 1.84. The Kier molecular flexibility index (Phi) is 3.71. The van der Waals surface area contributed by atoms with Crippen LogP contribution in [-0.2, 0) is 14.3 Å². The molecule has 1 heterocycles. The zero-order chi connectivity index (χ0) is 14.0. The molecule has 98 valence electrons. The van der Waals surface area contributed by atoms with Crippen molar-refractivity contribution in [2.45, 2.75) is 6.92 Å². The van der Waals surface area contributed by atoms with Gasteiger partial charge in [0.1, 0.15) is 0 Å². The minimum atomic E-state index is -0.531. The second kappa shape index (κ2) is 5.28. The number of methoxy groups -OCH3 is 1. The van der Waals surface area contributed by atoms with Crippen molar-refractivity contribution in [3.8, 4) is 0 Å². The normalized spacial score (nSPS) is 16.8. The second-order valence-corrected chi connectivity index (χ2v) is 4.49. The van der Waals surface area contributed by atoms with Crippen LogP contribution in [0.1, 0.15) is 12.5 Å². The van der Waals surface area contributed by atoms with Crippen LogP contribution in [-0.4, -0.2) is 19.0 Å². The lowest BCUT2D eigenvalue weighted by Gasteiger charge is -2.02. The Balaban J connectivity index is 2.44. The average Bonchev–Trinajstić information content (AvgIpc) is 2.66. The van der Waals surface area contributed by atoms with Gasteiger partial charge < -0.3 is 10.1 Å². The molecule has 0 aliphatic carbocycles. The summed E-state index contributed by atoms with van der Waals surface area (Å²) in [4.78, 5) is 23.5. The Hall–Kier alpha value is -2.07. The van der Waals surface area contributed by atoms with Gasteiger partial charge in [-0.2, -0.15) is 0 Å². The van der Waals surface area contributed by atoms with Crippen molar-refractivity contribution in [3.63, 3.8) is 0 Å². The van der Waals surface area contributed by atoms with Crippen molar-refractivity contribution in [2.24, 2.45) is 0 Å². The number of hydrogen-bond acceptors (Lipinski definition) is 3. The lowest BCUT2D eigenvalue weighted by atomic mass is 10.0. The highest BCUT2D eigenvalue weighted by molar-refractivity contribution is 6.30. The molecule has 0 fully saturated rings. The lowest BCUT2D eigenvalue weighted by Crippen LogP contribution is -2.15. The highest BCUT2D eigenvalue weighted by atomic mass is 35.5. The van der Waals surface area contributed by atoms with Gasteiger partial charge in [0.25, 0.3) is 5.91 Å². The van der Waals surface area contributed by atoms with Crippen LogP contribution in [0.3, 0.4) is 0 Å². The quantitative estimate of drug-likeness (QED) is 0.667. The van der Waals surface area contributed by atoms with Gasteiger partial charge in [-0.05, 0) is 30.7 Å². The number of benzene rings is 1. The third kappa shape index (κ3) is 2.69. The molecule has 0 radical (unpaired) electrons. The van der Waals surface area contributed by atoms with E-state index in [4.69, 9.17) is 11.6 Å². The third-order valence-electron chi connectivity index (χ3n) is 2.76. The first-order chi connectivity index (χ1) is 9.02. The molecule has 4 nitrogen and oxygen atoms in total. The molecule has 0 saturated heterocycles. The van der Waals surface area contributed by atoms with E-state index in [9.17, 15) is 9.59 Å². The summed E-state index contributed by atoms with van der Waals surface area (Å²) < 4.78 is 4.69. The minimum Gasteiger partial charge on any atom is -0.465 e. The van der Waals surface area contributed by atoms with Gasteiger partial charge in [0.05, 0.1) is 18.3 Å². The summed E-state index contributed by atoms with van der Waals surface area (Å²) in [6.45, 7) is 1.66. The SMILES string of the molecule is COC(=O)C1=C(C)NC(=O)/C1=C\c1ccc(Cl)cc1. The minimum absolute atomic E-state index is 0.266. The first-order valence-electron chi connectivity index (χ1n) is 5.61. The predicted octanol–water partition coefficient (Wildman–Crippen LogP) is 2.30. The molecular formula is C14H12ClNO3. The van der Waals surface area contributed by atoms with Crippen LogP contribution in [0, 0.1) is 0 Å². The molecule has 1 aromatic carbocycles. The van der Waals surface area contributed by atoms with Crippen molar-refractivity contribution in [1.82, 2.24) is 5.32 Å². The average molecular weight is 278 g/mol. The zero-order valence-electron chi connectivity index (χ0n) is 10.5. The number of carbonyl (C=O) groups is 2. The summed E-state index contributed by atoms with van der Waals surface area (Å²) in [5.74, 6) is -0.844. The highest BCUT2D eigenvalue weighted by Gasteiger charge is 2.30. The van der Waals surface area contributed by atoms with Gasteiger partial charge in [0.15, 0.2) is 0 Å². The molecule has 0 saturated carbocycles. The molecule has 0 atom stereocenters. The molecule has 1 aliphatic heterocycles. The maximum absolute atomic E-state index is 11.8. The number of allylic oxidation sites excluding steroid dienone is 1. The Morgan fingerprint density at radius 3 is 2.53 bits per heavy atom. The Morgan fingerprint density at radius 2 is 1.95 bits per heavy atom.